The molecule has 0 amide bonds. The van der Waals surface area contributed by atoms with Gasteiger partial charge in [0.05, 0.1) is 93.2 Å². The summed E-state index contributed by atoms with van der Waals surface area (Å²) >= 11 is 0. The third-order valence-electron chi connectivity index (χ3n) is 20.0. The van der Waals surface area contributed by atoms with Gasteiger partial charge in [-0.25, -0.2) is 24.3 Å². The highest BCUT2D eigenvalue weighted by Crippen LogP contribution is 2.49. The summed E-state index contributed by atoms with van der Waals surface area (Å²) in [6.07, 6.45) is 23.5. The fourth-order valence-electron chi connectivity index (χ4n) is 14.2. The highest BCUT2D eigenvalue weighted by Gasteiger charge is 2.62. The van der Waals surface area contributed by atoms with E-state index in [9.17, 15) is 48.4 Å². The van der Waals surface area contributed by atoms with Crippen LogP contribution in [0.1, 0.15) is 69.6 Å². The number of ether oxygens (including phenoxy) is 1. The van der Waals surface area contributed by atoms with Gasteiger partial charge in [-0.1, -0.05) is 48.6 Å². The van der Waals surface area contributed by atoms with Gasteiger partial charge in [-0.05, 0) is 51.4 Å². The average Bonchev–Trinajstić information content (AvgIpc) is 1.40. The van der Waals surface area contributed by atoms with Crippen molar-refractivity contribution in [2.24, 2.45) is 35.0 Å². The molecule has 8 atom stereocenters. The zero-order valence-corrected chi connectivity index (χ0v) is 53.8. The van der Waals surface area contributed by atoms with E-state index in [0.29, 0.717) is 77.7 Å². The summed E-state index contributed by atoms with van der Waals surface area (Å²) in [5, 5.41) is 56.1. The van der Waals surface area contributed by atoms with E-state index in [1.807, 2.05) is 60.8 Å². The number of hydrogen-bond donors (Lipinski definition) is 9. The first-order valence-electron chi connectivity index (χ1n) is 32.6. The van der Waals surface area contributed by atoms with E-state index >= 15 is 0 Å². The third kappa shape index (κ3) is 12.2. The maximum atomic E-state index is 14.7. The van der Waals surface area contributed by atoms with Crippen molar-refractivity contribution in [3.63, 3.8) is 0 Å². The molecule has 12 heterocycles. The first-order valence-corrected chi connectivity index (χ1v) is 32.6. The Morgan fingerprint density at radius 2 is 0.806 bits per heavy atom. The Bertz CT molecular complexity index is 4460. The number of methoxy groups -OCH3 is 1. The number of imidazole rings is 4. The van der Waals surface area contributed by atoms with Gasteiger partial charge in [0.1, 0.15) is 5.67 Å². The molecule has 9 aliphatic rings. The van der Waals surface area contributed by atoms with Crippen LogP contribution in [-0.4, -0.2) is 213 Å². The maximum Gasteiger partial charge on any atom is 0.420 e. The molecule has 5 aliphatic carbocycles. The van der Waals surface area contributed by atoms with Gasteiger partial charge in [-0.15, -0.1) is 0 Å². The standard InChI is InChI=1S/C17H21FN6O.C16H19N7O.C15H17F3N6O2.C15H20N6O2/c18-17(11-2-3-11)7-23(8-17)14-13-15(22-16(19)21-14)24(9-20-13)12-4-1-10(5-12)6-25;1-16(6-17)7-22(8-16)13-12-14(21-15(18)20-13)23(9-19-12)11-3-2-10(4-11)5-24;16-15(17,18)14(26)5-23(6-14)11-10-12(22-13(19)21-11)24(7-20-10)9-2-1-8(3-9)4-25;1-23-11-5-20(6-11)13-12-14(19-15(16)18-13)21(8-17-12)10-3-2-9(4-10)7-22/h1,4,9-12,25H,2-3,5-8H2,(H2,19,21,22);2-3,9-11,24H,4-5,7-8H2,1H3,(H2,18,20,21);1-2,7-9,25-26H,3-6H2,(H2,19,21,22);2-3,8-11,22H,4-7H2,1H3,(H2,16,18,19)/t10-,12+;10-,11+;8-,9+;9-,10+/m1111/s1. The number of nitrogens with two attached hydrogens (primary N) is 4. The van der Waals surface area contributed by atoms with Crippen LogP contribution in [0.4, 0.5) is 64.6 Å². The first kappa shape index (κ1) is 65.8. The molecular weight excluding hydrogens is 1280 g/mol. The minimum Gasteiger partial charge on any atom is -0.396 e. The molecule has 0 radical (unpaired) electrons. The summed E-state index contributed by atoms with van der Waals surface area (Å²) in [6.45, 7) is 4.62. The van der Waals surface area contributed by atoms with E-state index in [0.717, 1.165) is 62.2 Å². The number of fused-ring (bicyclic) bond motifs is 4. The summed E-state index contributed by atoms with van der Waals surface area (Å²) in [5.74, 6) is 3.52. The number of anilines is 8. The molecule has 8 aromatic heterocycles. The predicted octanol–water partition coefficient (Wildman–Crippen LogP) is 3.31. The first-order chi connectivity index (χ1) is 47.0. The number of aliphatic hydroxyl groups is 5. The Hall–Kier alpha value is -9.47. The molecule has 0 spiro atoms. The molecule has 31 nitrogen and oxygen atoms in total. The van der Waals surface area contributed by atoms with Crippen molar-refractivity contribution in [1.29, 1.82) is 5.26 Å². The highest BCUT2D eigenvalue weighted by molar-refractivity contribution is 5.88. The number of halogens is 4. The molecule has 35 heteroatoms. The van der Waals surface area contributed by atoms with Gasteiger partial charge in [0, 0.05) is 83.4 Å². The zero-order chi connectivity index (χ0) is 68.7. The van der Waals surface area contributed by atoms with E-state index < -0.39 is 30.5 Å². The molecule has 0 unspecified atom stereocenters. The summed E-state index contributed by atoms with van der Waals surface area (Å²) < 4.78 is 66.3. The van der Waals surface area contributed by atoms with Crippen molar-refractivity contribution in [3.8, 4) is 6.07 Å². The normalized spacial score (nSPS) is 25.6. The van der Waals surface area contributed by atoms with Gasteiger partial charge in [-0.3, -0.25) is 0 Å². The largest absolute Gasteiger partial charge is 0.420 e. The molecule has 518 valence electrons. The highest BCUT2D eigenvalue weighted by atomic mass is 19.4. The van der Waals surface area contributed by atoms with Crippen LogP contribution in [0.25, 0.3) is 44.7 Å². The molecular formula is C63H77F4N25O6. The van der Waals surface area contributed by atoms with E-state index in [1.54, 1.807) is 30.7 Å². The van der Waals surface area contributed by atoms with Crippen molar-refractivity contribution in [2.45, 2.75) is 93.2 Å². The molecule has 0 bridgehead atoms. The number of nitrogens with zero attached hydrogens (tertiary/aromatic N) is 21. The lowest BCUT2D eigenvalue weighted by Crippen LogP contribution is -2.69. The predicted molar refractivity (Wildman–Crippen MR) is 353 cm³/mol. The molecule has 4 aliphatic heterocycles. The van der Waals surface area contributed by atoms with Crippen molar-refractivity contribution >= 4 is 91.7 Å². The molecule has 1 saturated carbocycles. The lowest BCUT2D eigenvalue weighted by atomic mass is 9.84. The number of nitrogen functional groups attached to an aromatic ring is 4. The molecule has 5 fully saturated rings. The van der Waals surface area contributed by atoms with E-state index in [4.69, 9.17) is 27.7 Å². The van der Waals surface area contributed by atoms with Crippen LogP contribution in [-0.2, 0) is 4.74 Å². The Morgan fingerprint density at radius 3 is 1.08 bits per heavy atom. The van der Waals surface area contributed by atoms with E-state index in [-0.39, 0.29) is 121 Å². The molecule has 4 saturated heterocycles. The number of aliphatic hydroxyl groups excluding tert-OH is 4. The summed E-state index contributed by atoms with van der Waals surface area (Å²) in [6, 6.07) is 2.58. The SMILES string of the molecule is CC1(C#N)CN(c2nc(N)nc3c2ncn3[C@H]2C=C[C@@H](CO)C2)C1.COC1CN(c2nc(N)nc3c2ncn3[C@H]2C=C[C@@H](CO)C2)C1.Nc1nc(N2CC(F)(C3CC3)C2)c2ncn([C@H]3C=C[C@@H](CO)C3)c2n1.Nc1nc(N2CC(O)(C(F)(F)F)C2)c2ncn([C@H]3C=C[C@@H](CO)C3)c2n1. The van der Waals surface area contributed by atoms with E-state index in [2.05, 4.69) is 89.0 Å². The average molecular weight is 1360 g/mol. The van der Waals surface area contributed by atoms with E-state index in [1.165, 1.54) is 11.2 Å². The summed E-state index contributed by atoms with van der Waals surface area (Å²) in [4.78, 5) is 59.4. The topological polar surface area (TPSA) is 426 Å². The molecule has 8 aromatic rings. The Morgan fingerprint density at radius 1 is 0.500 bits per heavy atom. The van der Waals surface area contributed by atoms with Crippen LogP contribution in [0, 0.1) is 46.3 Å². The number of rotatable bonds is 14. The van der Waals surface area contributed by atoms with Crippen LogP contribution in [0.3, 0.4) is 0 Å². The van der Waals surface area contributed by atoms with Crippen molar-refractivity contribution in [1.82, 2.24) is 78.1 Å². The van der Waals surface area contributed by atoms with Gasteiger partial charge >= 0.3 is 6.18 Å². The molecule has 17 rings (SSSR count). The van der Waals surface area contributed by atoms with Crippen LogP contribution in [0.15, 0.2) is 73.9 Å². The molecule has 98 heavy (non-hydrogen) atoms. The second-order valence-electron chi connectivity index (χ2n) is 27.3. The second-order valence-corrected chi connectivity index (χ2v) is 27.3. The number of hydrogen-bond acceptors (Lipinski definition) is 27. The Balaban J connectivity index is 0.000000112. The fourth-order valence-corrected chi connectivity index (χ4v) is 14.2. The number of aromatic nitrogens is 16. The van der Waals surface area contributed by atoms with Crippen LogP contribution in [0.5, 0.6) is 0 Å². The van der Waals surface area contributed by atoms with Crippen molar-refractivity contribution in [3.05, 3.63) is 73.9 Å². The van der Waals surface area contributed by atoms with Gasteiger partial charge in [0.2, 0.25) is 23.8 Å². The lowest BCUT2D eigenvalue weighted by Gasteiger charge is -2.47. The second kappa shape index (κ2) is 25.4. The number of allylic oxidation sites excluding steroid dienone is 4. The summed E-state index contributed by atoms with van der Waals surface area (Å²) in [5.41, 5.74) is 24.2. The minimum absolute atomic E-state index is 0.0335. The number of nitriles is 1. The third-order valence-corrected chi connectivity index (χ3v) is 20.0. The summed E-state index contributed by atoms with van der Waals surface area (Å²) in [7, 11) is 1.71. The van der Waals surface area contributed by atoms with Crippen LogP contribution in [0.2, 0.25) is 0 Å². The van der Waals surface area contributed by atoms with Gasteiger partial charge in [0.15, 0.2) is 73.5 Å². The smallest absolute Gasteiger partial charge is 0.396 e. The van der Waals surface area contributed by atoms with Crippen molar-refractivity contribution in [2.75, 3.05) is 128 Å². The van der Waals surface area contributed by atoms with Gasteiger partial charge < -0.3 is 91.1 Å². The maximum absolute atomic E-state index is 14.7. The molecule has 13 N–H and O–H groups in total. The van der Waals surface area contributed by atoms with Gasteiger partial charge in [0.25, 0.3) is 0 Å². The van der Waals surface area contributed by atoms with Crippen LogP contribution >= 0.6 is 0 Å². The number of alkyl halides is 4. The Labute approximate surface area is 557 Å². The van der Waals surface area contributed by atoms with Gasteiger partial charge in [-0.2, -0.15) is 58.3 Å². The monoisotopic (exact) mass is 1360 g/mol. The zero-order valence-electron chi connectivity index (χ0n) is 53.8. The fraction of sp³-hybridized carbons (Fsp3) is 0.540. The molecule has 0 aromatic carbocycles. The van der Waals surface area contributed by atoms with Crippen LogP contribution < -0.4 is 42.5 Å². The minimum atomic E-state index is -4.71. The Kier molecular flexibility index (Phi) is 17.1. The number of β-amino-alcohol motifs (C(OH)–C–C–N with tert-alkyl or cyclic N) is 1. The lowest BCUT2D eigenvalue weighted by molar-refractivity contribution is -0.267. The van der Waals surface area contributed by atoms with Crippen molar-refractivity contribution < 1.29 is 47.8 Å². The quantitative estimate of drug-likeness (QED) is 0.0557.